The molecule has 3 rings (SSSR count). The molecule has 25 heavy (non-hydrogen) atoms. The predicted molar refractivity (Wildman–Crippen MR) is 97.6 cm³/mol. The number of nitrogens with zero attached hydrogens (tertiary/aromatic N) is 3. The Hall–Kier alpha value is -3.15. The second-order valence-corrected chi connectivity index (χ2v) is 5.83. The number of carbonyl (C=O) groups excluding carboxylic acids is 1. The summed E-state index contributed by atoms with van der Waals surface area (Å²) in [4.78, 5) is 16.3. The van der Waals surface area contributed by atoms with Crippen LogP contribution >= 0.6 is 0 Å². The van der Waals surface area contributed by atoms with Crippen molar-refractivity contribution in [3.05, 3.63) is 71.7 Å². The van der Waals surface area contributed by atoms with Crippen molar-refractivity contribution in [3.8, 4) is 5.69 Å². The zero-order valence-corrected chi connectivity index (χ0v) is 14.1. The monoisotopic (exact) mass is 335 g/mol. The van der Waals surface area contributed by atoms with E-state index in [1.54, 1.807) is 10.7 Å². The van der Waals surface area contributed by atoms with Crippen molar-refractivity contribution in [3.63, 3.8) is 0 Å². The van der Waals surface area contributed by atoms with Crippen LogP contribution in [0.5, 0.6) is 0 Å². The van der Waals surface area contributed by atoms with Gasteiger partial charge in [0, 0.05) is 18.3 Å². The number of amides is 1. The third-order valence-corrected chi connectivity index (χ3v) is 3.80. The summed E-state index contributed by atoms with van der Waals surface area (Å²) < 4.78 is 1.73. The highest BCUT2D eigenvalue weighted by atomic mass is 16.1. The molecule has 0 atom stereocenters. The molecule has 0 spiro atoms. The van der Waals surface area contributed by atoms with Crippen molar-refractivity contribution < 1.29 is 4.79 Å². The van der Waals surface area contributed by atoms with Crippen LogP contribution in [-0.2, 0) is 6.42 Å². The Bertz CT molecular complexity index is 857. The van der Waals surface area contributed by atoms with Crippen molar-refractivity contribution in [1.82, 2.24) is 20.1 Å². The number of pyridine rings is 1. The topological polar surface area (TPSA) is 85.8 Å². The number of benzene rings is 1. The molecule has 0 saturated heterocycles. The van der Waals surface area contributed by atoms with Crippen molar-refractivity contribution >= 4 is 11.7 Å². The lowest BCUT2D eigenvalue weighted by atomic mass is 10.2. The SMILES string of the molecule is Cc1cccc(C(=O)NCCCc2cc(N)n(-c3ccccc3)n2)n1. The Morgan fingerprint density at radius 3 is 2.72 bits per heavy atom. The van der Waals surface area contributed by atoms with Crippen LogP contribution in [0.3, 0.4) is 0 Å². The summed E-state index contributed by atoms with van der Waals surface area (Å²) in [7, 11) is 0. The fraction of sp³-hybridized carbons (Fsp3) is 0.211. The van der Waals surface area contributed by atoms with Crippen molar-refractivity contribution in [2.75, 3.05) is 12.3 Å². The maximum atomic E-state index is 12.0. The van der Waals surface area contributed by atoms with E-state index >= 15 is 0 Å². The number of para-hydroxylation sites is 1. The van der Waals surface area contributed by atoms with Gasteiger partial charge in [0.15, 0.2) is 0 Å². The molecular weight excluding hydrogens is 314 g/mol. The first-order valence-corrected chi connectivity index (χ1v) is 8.25. The number of rotatable bonds is 6. The molecule has 0 saturated carbocycles. The highest BCUT2D eigenvalue weighted by molar-refractivity contribution is 5.92. The van der Waals surface area contributed by atoms with Gasteiger partial charge in [-0.05, 0) is 44.0 Å². The van der Waals surface area contributed by atoms with Crippen molar-refractivity contribution in [2.24, 2.45) is 0 Å². The molecule has 0 radical (unpaired) electrons. The number of aryl methyl sites for hydroxylation is 2. The molecule has 0 aliphatic carbocycles. The average Bonchev–Trinajstić information content (AvgIpc) is 3.00. The first kappa shape index (κ1) is 16.7. The lowest BCUT2D eigenvalue weighted by molar-refractivity contribution is 0.0948. The summed E-state index contributed by atoms with van der Waals surface area (Å²) in [5, 5.41) is 7.42. The number of carbonyl (C=O) groups is 1. The van der Waals surface area contributed by atoms with E-state index in [0.29, 0.717) is 18.1 Å². The second-order valence-electron chi connectivity index (χ2n) is 5.83. The van der Waals surface area contributed by atoms with Crippen LogP contribution in [0.1, 0.15) is 28.3 Å². The van der Waals surface area contributed by atoms with Crippen LogP contribution in [0.4, 0.5) is 5.82 Å². The largest absolute Gasteiger partial charge is 0.384 e. The molecule has 2 aromatic heterocycles. The summed E-state index contributed by atoms with van der Waals surface area (Å²) in [5.74, 6) is 0.451. The molecule has 2 heterocycles. The van der Waals surface area contributed by atoms with Crippen LogP contribution < -0.4 is 11.1 Å². The predicted octanol–water partition coefficient (Wildman–Crippen LogP) is 2.52. The van der Waals surface area contributed by atoms with Gasteiger partial charge in [0.25, 0.3) is 5.91 Å². The van der Waals surface area contributed by atoms with E-state index in [-0.39, 0.29) is 5.91 Å². The molecule has 0 bridgehead atoms. The van der Waals surface area contributed by atoms with Gasteiger partial charge in [-0.25, -0.2) is 9.67 Å². The van der Waals surface area contributed by atoms with Gasteiger partial charge in [0.1, 0.15) is 11.5 Å². The van der Waals surface area contributed by atoms with Gasteiger partial charge in [-0.2, -0.15) is 5.10 Å². The Morgan fingerprint density at radius 1 is 1.16 bits per heavy atom. The summed E-state index contributed by atoms with van der Waals surface area (Å²) in [5.41, 5.74) is 9.15. The van der Waals surface area contributed by atoms with E-state index in [2.05, 4.69) is 15.4 Å². The molecule has 0 aliphatic rings. The molecule has 1 amide bonds. The smallest absolute Gasteiger partial charge is 0.269 e. The van der Waals surface area contributed by atoms with Gasteiger partial charge in [-0.15, -0.1) is 0 Å². The summed E-state index contributed by atoms with van der Waals surface area (Å²) >= 11 is 0. The lowest BCUT2D eigenvalue weighted by Gasteiger charge is -2.04. The first-order chi connectivity index (χ1) is 12.1. The minimum atomic E-state index is -0.155. The van der Waals surface area contributed by atoms with Crippen molar-refractivity contribution in [2.45, 2.75) is 19.8 Å². The molecule has 0 unspecified atom stereocenters. The molecule has 1 aromatic carbocycles. The van der Waals surface area contributed by atoms with Crippen molar-refractivity contribution in [1.29, 1.82) is 0 Å². The van der Waals surface area contributed by atoms with Crippen LogP contribution in [0.25, 0.3) is 5.69 Å². The van der Waals surface area contributed by atoms with Gasteiger partial charge in [-0.1, -0.05) is 24.3 Å². The number of nitrogens with one attached hydrogen (secondary N) is 1. The number of anilines is 1. The fourth-order valence-electron chi connectivity index (χ4n) is 2.58. The Morgan fingerprint density at radius 2 is 1.96 bits per heavy atom. The minimum Gasteiger partial charge on any atom is -0.384 e. The molecule has 3 aromatic rings. The van der Waals surface area contributed by atoms with Crippen LogP contribution in [0.2, 0.25) is 0 Å². The van der Waals surface area contributed by atoms with Gasteiger partial charge >= 0.3 is 0 Å². The Kier molecular flexibility index (Phi) is 5.09. The van der Waals surface area contributed by atoms with Crippen LogP contribution in [0.15, 0.2) is 54.6 Å². The van der Waals surface area contributed by atoms with Crippen LogP contribution in [-0.4, -0.2) is 27.2 Å². The Labute approximate surface area is 146 Å². The van der Waals surface area contributed by atoms with Gasteiger partial charge in [0.05, 0.1) is 11.4 Å². The molecule has 6 heteroatoms. The summed E-state index contributed by atoms with van der Waals surface area (Å²) in [6, 6.07) is 17.1. The standard InChI is InChI=1S/C19H21N5O/c1-14-7-5-11-17(22-14)19(25)21-12-6-8-15-13-18(20)24(23-15)16-9-3-2-4-10-16/h2-5,7,9-11,13H,6,8,12,20H2,1H3,(H,21,25). The third kappa shape index (κ3) is 4.23. The highest BCUT2D eigenvalue weighted by Crippen LogP contribution is 2.15. The quantitative estimate of drug-likeness (QED) is 0.678. The fourth-order valence-corrected chi connectivity index (χ4v) is 2.58. The van der Waals surface area contributed by atoms with Gasteiger partial charge < -0.3 is 11.1 Å². The average molecular weight is 335 g/mol. The lowest BCUT2D eigenvalue weighted by Crippen LogP contribution is -2.25. The molecule has 6 nitrogen and oxygen atoms in total. The van der Waals surface area contributed by atoms with Crippen LogP contribution in [0, 0.1) is 6.92 Å². The highest BCUT2D eigenvalue weighted by Gasteiger charge is 2.08. The van der Waals surface area contributed by atoms with E-state index in [9.17, 15) is 4.79 Å². The second kappa shape index (κ2) is 7.61. The summed E-state index contributed by atoms with van der Waals surface area (Å²) in [6.45, 7) is 2.43. The third-order valence-electron chi connectivity index (χ3n) is 3.80. The number of aromatic nitrogens is 3. The maximum absolute atomic E-state index is 12.0. The first-order valence-electron chi connectivity index (χ1n) is 8.25. The zero-order chi connectivity index (χ0) is 17.6. The molecule has 0 fully saturated rings. The van der Waals surface area contributed by atoms with Gasteiger partial charge in [-0.3, -0.25) is 4.79 Å². The van der Waals surface area contributed by atoms with E-state index in [1.165, 1.54) is 0 Å². The van der Waals surface area contributed by atoms with E-state index in [0.717, 1.165) is 29.9 Å². The van der Waals surface area contributed by atoms with Gasteiger partial charge in [0.2, 0.25) is 0 Å². The Balaban J connectivity index is 1.52. The number of nitrogen functional groups attached to an aromatic ring is 1. The molecule has 0 aliphatic heterocycles. The maximum Gasteiger partial charge on any atom is 0.269 e. The normalized spacial score (nSPS) is 10.6. The van der Waals surface area contributed by atoms with E-state index < -0.39 is 0 Å². The molecule has 3 N–H and O–H groups in total. The molecule has 128 valence electrons. The number of hydrogen-bond donors (Lipinski definition) is 2. The summed E-state index contributed by atoms with van der Waals surface area (Å²) in [6.07, 6.45) is 1.52. The van der Waals surface area contributed by atoms with E-state index in [1.807, 2.05) is 55.5 Å². The zero-order valence-electron chi connectivity index (χ0n) is 14.1. The van der Waals surface area contributed by atoms with E-state index in [4.69, 9.17) is 5.73 Å². The number of hydrogen-bond acceptors (Lipinski definition) is 4. The minimum absolute atomic E-state index is 0.155. The number of nitrogens with two attached hydrogens (primary N) is 1. The molecular formula is C19H21N5O.